The molecule has 0 amide bonds. The zero-order chi connectivity index (χ0) is 9.14. The van der Waals surface area contributed by atoms with Gasteiger partial charge in [0.1, 0.15) is 0 Å². The molecule has 1 saturated carbocycles. The molecule has 1 aliphatic carbocycles. The van der Waals surface area contributed by atoms with Gasteiger partial charge in [-0.3, -0.25) is 0 Å². The summed E-state index contributed by atoms with van der Waals surface area (Å²) >= 11 is 6.29. The van der Waals surface area contributed by atoms with Crippen LogP contribution in [0.2, 0.25) is 0 Å². The van der Waals surface area contributed by atoms with Gasteiger partial charge < -0.3 is 0 Å². The van der Waals surface area contributed by atoms with Gasteiger partial charge in [-0.15, -0.1) is 11.6 Å². The van der Waals surface area contributed by atoms with Crippen molar-refractivity contribution in [2.24, 2.45) is 17.8 Å². The van der Waals surface area contributed by atoms with Crippen LogP contribution in [0.1, 0.15) is 46.5 Å². The zero-order valence-corrected chi connectivity index (χ0v) is 9.27. The molecule has 1 fully saturated rings. The third-order valence-corrected chi connectivity index (χ3v) is 4.04. The Bertz CT molecular complexity index is 127. The maximum absolute atomic E-state index is 6.29. The number of halogens is 1. The Hall–Kier alpha value is 0.290. The van der Waals surface area contributed by atoms with Gasteiger partial charge >= 0.3 is 0 Å². The summed E-state index contributed by atoms with van der Waals surface area (Å²) in [7, 11) is 0. The second-order valence-electron chi connectivity index (χ2n) is 4.70. The van der Waals surface area contributed by atoms with Gasteiger partial charge in [0.25, 0.3) is 0 Å². The van der Waals surface area contributed by atoms with Crippen molar-refractivity contribution in [3.05, 3.63) is 0 Å². The Labute approximate surface area is 81.7 Å². The lowest BCUT2D eigenvalue weighted by atomic mass is 9.77. The lowest BCUT2D eigenvalue weighted by Crippen LogP contribution is -2.23. The van der Waals surface area contributed by atoms with E-state index in [1.54, 1.807) is 0 Å². The molecule has 2 atom stereocenters. The molecule has 0 radical (unpaired) electrons. The van der Waals surface area contributed by atoms with Crippen LogP contribution in [0.5, 0.6) is 0 Å². The topological polar surface area (TPSA) is 0 Å². The molecule has 1 rings (SSSR count). The summed E-state index contributed by atoms with van der Waals surface area (Å²) in [5, 5.41) is 0.380. The van der Waals surface area contributed by atoms with Crippen LogP contribution < -0.4 is 0 Å². The van der Waals surface area contributed by atoms with Gasteiger partial charge in [-0.25, -0.2) is 0 Å². The number of hydrogen-bond donors (Lipinski definition) is 0. The number of hydrogen-bond acceptors (Lipinski definition) is 0. The SMILES string of the molecule is CC(C)C(Cl)C(C)CC1CCC1. The summed E-state index contributed by atoms with van der Waals surface area (Å²) in [6.45, 7) is 6.74. The number of alkyl halides is 1. The first-order chi connectivity index (χ1) is 5.61. The summed E-state index contributed by atoms with van der Waals surface area (Å²) in [6.07, 6.45) is 5.70. The van der Waals surface area contributed by atoms with E-state index < -0.39 is 0 Å². The molecular formula is C11H21Cl. The molecule has 72 valence electrons. The first-order valence-electron chi connectivity index (χ1n) is 5.25. The van der Waals surface area contributed by atoms with E-state index in [-0.39, 0.29) is 0 Å². The Morgan fingerprint density at radius 3 is 2.17 bits per heavy atom. The summed E-state index contributed by atoms with van der Waals surface area (Å²) in [6, 6.07) is 0. The van der Waals surface area contributed by atoms with Crippen LogP contribution in [-0.2, 0) is 0 Å². The zero-order valence-electron chi connectivity index (χ0n) is 8.52. The number of rotatable bonds is 4. The summed E-state index contributed by atoms with van der Waals surface area (Å²) in [5.41, 5.74) is 0. The smallest absolute Gasteiger partial charge is 0.0384 e. The normalized spacial score (nSPS) is 23.8. The maximum atomic E-state index is 6.29. The van der Waals surface area contributed by atoms with E-state index in [1.807, 2.05) is 0 Å². The lowest BCUT2D eigenvalue weighted by molar-refractivity contribution is 0.243. The highest BCUT2D eigenvalue weighted by atomic mass is 35.5. The molecule has 2 unspecified atom stereocenters. The van der Waals surface area contributed by atoms with Crippen LogP contribution in [0.4, 0.5) is 0 Å². The maximum Gasteiger partial charge on any atom is 0.0384 e. The largest absolute Gasteiger partial charge is 0.122 e. The van der Waals surface area contributed by atoms with Crippen molar-refractivity contribution in [3.8, 4) is 0 Å². The summed E-state index contributed by atoms with van der Waals surface area (Å²) in [5.74, 6) is 2.33. The minimum Gasteiger partial charge on any atom is -0.122 e. The van der Waals surface area contributed by atoms with E-state index in [9.17, 15) is 0 Å². The van der Waals surface area contributed by atoms with Crippen molar-refractivity contribution < 1.29 is 0 Å². The van der Waals surface area contributed by atoms with E-state index in [2.05, 4.69) is 20.8 Å². The van der Waals surface area contributed by atoms with Crippen LogP contribution in [0.15, 0.2) is 0 Å². The Balaban J connectivity index is 2.21. The highest BCUT2D eigenvalue weighted by molar-refractivity contribution is 6.20. The van der Waals surface area contributed by atoms with Crippen molar-refractivity contribution in [2.75, 3.05) is 0 Å². The fourth-order valence-electron chi connectivity index (χ4n) is 2.04. The van der Waals surface area contributed by atoms with Crippen molar-refractivity contribution in [1.82, 2.24) is 0 Å². The fourth-order valence-corrected chi connectivity index (χ4v) is 2.14. The fraction of sp³-hybridized carbons (Fsp3) is 1.00. The second kappa shape index (κ2) is 4.50. The molecule has 0 aliphatic heterocycles. The van der Waals surface area contributed by atoms with Crippen molar-refractivity contribution >= 4 is 11.6 Å². The van der Waals surface area contributed by atoms with E-state index in [0.717, 1.165) is 5.92 Å². The molecule has 0 aromatic carbocycles. The Kier molecular flexibility index (Phi) is 3.89. The first kappa shape index (κ1) is 10.4. The molecule has 1 aliphatic rings. The van der Waals surface area contributed by atoms with Crippen LogP contribution in [-0.4, -0.2) is 5.38 Å². The first-order valence-corrected chi connectivity index (χ1v) is 5.69. The molecule has 0 aromatic heterocycles. The summed E-state index contributed by atoms with van der Waals surface area (Å²) in [4.78, 5) is 0. The molecule has 0 saturated heterocycles. The highest BCUT2D eigenvalue weighted by Gasteiger charge is 2.24. The van der Waals surface area contributed by atoms with E-state index in [4.69, 9.17) is 11.6 Å². The third kappa shape index (κ3) is 2.65. The molecule has 0 aromatic rings. The van der Waals surface area contributed by atoms with Gasteiger partial charge in [-0.1, -0.05) is 40.0 Å². The Morgan fingerprint density at radius 1 is 1.25 bits per heavy atom. The molecule has 0 spiro atoms. The van der Waals surface area contributed by atoms with E-state index >= 15 is 0 Å². The average molecular weight is 189 g/mol. The third-order valence-electron chi connectivity index (χ3n) is 3.11. The van der Waals surface area contributed by atoms with Gasteiger partial charge in [0.2, 0.25) is 0 Å². The van der Waals surface area contributed by atoms with Crippen molar-refractivity contribution in [2.45, 2.75) is 51.8 Å². The Morgan fingerprint density at radius 2 is 1.83 bits per heavy atom. The van der Waals surface area contributed by atoms with Crippen LogP contribution in [0.25, 0.3) is 0 Å². The molecule has 0 heterocycles. The highest BCUT2D eigenvalue weighted by Crippen LogP contribution is 2.35. The summed E-state index contributed by atoms with van der Waals surface area (Å²) < 4.78 is 0. The molecule has 0 bridgehead atoms. The van der Waals surface area contributed by atoms with Gasteiger partial charge in [-0.2, -0.15) is 0 Å². The van der Waals surface area contributed by atoms with Crippen LogP contribution in [0.3, 0.4) is 0 Å². The standard InChI is InChI=1S/C11H21Cl/c1-8(2)11(12)9(3)7-10-5-4-6-10/h8-11H,4-7H2,1-3H3. The van der Waals surface area contributed by atoms with Gasteiger partial charge in [0.15, 0.2) is 0 Å². The van der Waals surface area contributed by atoms with Gasteiger partial charge in [0.05, 0.1) is 0 Å². The average Bonchev–Trinajstić information content (AvgIpc) is 1.94. The molecule has 0 N–H and O–H groups in total. The van der Waals surface area contributed by atoms with E-state index in [1.165, 1.54) is 25.7 Å². The van der Waals surface area contributed by atoms with E-state index in [0.29, 0.717) is 17.2 Å². The second-order valence-corrected chi connectivity index (χ2v) is 5.20. The van der Waals surface area contributed by atoms with Crippen molar-refractivity contribution in [1.29, 1.82) is 0 Å². The monoisotopic (exact) mass is 188 g/mol. The lowest BCUT2D eigenvalue weighted by Gasteiger charge is -2.31. The predicted molar refractivity (Wildman–Crippen MR) is 55.6 cm³/mol. The van der Waals surface area contributed by atoms with Crippen molar-refractivity contribution in [3.63, 3.8) is 0 Å². The quantitative estimate of drug-likeness (QED) is 0.584. The van der Waals surface area contributed by atoms with Crippen LogP contribution >= 0.6 is 11.6 Å². The minimum atomic E-state index is 0.380. The molecular weight excluding hydrogens is 168 g/mol. The van der Waals surface area contributed by atoms with Gasteiger partial charge in [-0.05, 0) is 24.2 Å². The molecule has 0 nitrogen and oxygen atoms in total. The molecule has 12 heavy (non-hydrogen) atoms. The minimum absolute atomic E-state index is 0.380. The van der Waals surface area contributed by atoms with Gasteiger partial charge in [0, 0.05) is 5.38 Å². The van der Waals surface area contributed by atoms with Crippen LogP contribution in [0, 0.1) is 17.8 Å². The molecule has 1 heteroatoms. The predicted octanol–water partition coefficient (Wildman–Crippen LogP) is 4.08.